The Hall–Kier alpha value is -1.42. The third-order valence-corrected chi connectivity index (χ3v) is 3.84. The first-order valence-corrected chi connectivity index (χ1v) is 7.60. The topological polar surface area (TPSA) is 40.7 Å². The van der Waals surface area contributed by atoms with Crippen LogP contribution >= 0.6 is 11.8 Å². The van der Waals surface area contributed by atoms with E-state index in [1.54, 1.807) is 18.0 Å². The number of aromatic amines is 1. The molecule has 102 valence electrons. The van der Waals surface area contributed by atoms with E-state index in [1.165, 1.54) is 16.8 Å². The Morgan fingerprint density at radius 2 is 2.21 bits per heavy atom. The molecule has 0 fully saturated rings. The van der Waals surface area contributed by atoms with Crippen molar-refractivity contribution in [1.29, 1.82) is 0 Å². The van der Waals surface area contributed by atoms with Crippen molar-refractivity contribution in [3.8, 4) is 0 Å². The van der Waals surface area contributed by atoms with Gasteiger partial charge in [-0.3, -0.25) is 0 Å². The van der Waals surface area contributed by atoms with E-state index in [0.717, 1.165) is 17.5 Å². The lowest BCUT2D eigenvalue weighted by Crippen LogP contribution is -2.10. The number of hydrogen-bond donors (Lipinski definition) is 2. The monoisotopic (exact) mass is 275 g/mol. The van der Waals surface area contributed by atoms with Crippen LogP contribution in [-0.4, -0.2) is 16.5 Å². The fourth-order valence-corrected chi connectivity index (χ4v) is 2.70. The summed E-state index contributed by atoms with van der Waals surface area (Å²) >= 11 is 1.73. The molecule has 4 heteroatoms. The van der Waals surface area contributed by atoms with Gasteiger partial charge in [0.25, 0.3) is 0 Å². The zero-order valence-electron chi connectivity index (χ0n) is 11.7. The maximum Gasteiger partial charge on any atom is 0.165 e. The first-order chi connectivity index (χ1) is 9.16. The standard InChI is InChI=1S/C15H21N3S/c1-11(2)9-18-14-12(3)5-4-6-13(14)10-19-15-16-7-8-17-15/h4-8,11,18H,9-10H2,1-3H3,(H,16,17). The molecule has 0 radical (unpaired) electrons. The van der Waals surface area contributed by atoms with Crippen molar-refractivity contribution in [1.82, 2.24) is 9.97 Å². The average molecular weight is 275 g/mol. The van der Waals surface area contributed by atoms with Gasteiger partial charge in [0, 0.05) is 30.4 Å². The first kappa shape index (κ1) is 14.0. The quantitative estimate of drug-likeness (QED) is 0.780. The highest BCUT2D eigenvalue weighted by Gasteiger charge is 2.07. The van der Waals surface area contributed by atoms with Gasteiger partial charge in [0.05, 0.1) is 0 Å². The molecule has 3 nitrogen and oxygen atoms in total. The highest BCUT2D eigenvalue weighted by atomic mass is 32.2. The Kier molecular flexibility index (Phi) is 4.91. The maximum absolute atomic E-state index is 4.24. The van der Waals surface area contributed by atoms with E-state index in [2.05, 4.69) is 54.3 Å². The maximum atomic E-state index is 4.24. The fourth-order valence-electron chi connectivity index (χ4n) is 1.88. The van der Waals surface area contributed by atoms with Crippen LogP contribution in [0.2, 0.25) is 0 Å². The normalized spacial score (nSPS) is 10.9. The number of thioether (sulfide) groups is 1. The lowest BCUT2D eigenvalue weighted by Gasteiger charge is -2.16. The Morgan fingerprint density at radius 3 is 2.89 bits per heavy atom. The molecule has 0 aliphatic heterocycles. The van der Waals surface area contributed by atoms with Gasteiger partial charge >= 0.3 is 0 Å². The molecule has 1 heterocycles. The lowest BCUT2D eigenvalue weighted by atomic mass is 10.1. The number of aromatic nitrogens is 2. The minimum atomic E-state index is 0.644. The second-order valence-corrected chi connectivity index (χ2v) is 6.03. The van der Waals surface area contributed by atoms with E-state index < -0.39 is 0 Å². The van der Waals surface area contributed by atoms with Crippen LogP contribution in [0.1, 0.15) is 25.0 Å². The first-order valence-electron chi connectivity index (χ1n) is 6.61. The summed E-state index contributed by atoms with van der Waals surface area (Å²) in [4.78, 5) is 7.37. The zero-order chi connectivity index (χ0) is 13.7. The highest BCUT2D eigenvalue weighted by Crippen LogP contribution is 2.27. The molecule has 19 heavy (non-hydrogen) atoms. The Labute approximate surface area is 119 Å². The van der Waals surface area contributed by atoms with Gasteiger partial charge in [-0.25, -0.2) is 4.98 Å². The van der Waals surface area contributed by atoms with E-state index in [4.69, 9.17) is 0 Å². The SMILES string of the molecule is Cc1cccc(CSc2ncc[nH]2)c1NCC(C)C. The van der Waals surface area contributed by atoms with E-state index in [9.17, 15) is 0 Å². The molecule has 0 bridgehead atoms. The van der Waals surface area contributed by atoms with Crippen molar-refractivity contribution in [2.24, 2.45) is 5.92 Å². The van der Waals surface area contributed by atoms with Crippen molar-refractivity contribution in [2.75, 3.05) is 11.9 Å². The number of imidazole rings is 1. The van der Waals surface area contributed by atoms with E-state index in [0.29, 0.717) is 5.92 Å². The third kappa shape index (κ3) is 4.03. The van der Waals surface area contributed by atoms with Gasteiger partial charge in [-0.05, 0) is 24.0 Å². The summed E-state index contributed by atoms with van der Waals surface area (Å²) in [7, 11) is 0. The Balaban J connectivity index is 2.08. The molecular weight excluding hydrogens is 254 g/mol. The summed E-state index contributed by atoms with van der Waals surface area (Å²) in [6.07, 6.45) is 3.65. The summed E-state index contributed by atoms with van der Waals surface area (Å²) < 4.78 is 0. The Morgan fingerprint density at radius 1 is 1.37 bits per heavy atom. The third-order valence-electron chi connectivity index (χ3n) is 2.88. The summed E-state index contributed by atoms with van der Waals surface area (Å²) in [5, 5.41) is 4.54. The van der Waals surface area contributed by atoms with Crippen molar-refractivity contribution in [3.63, 3.8) is 0 Å². The van der Waals surface area contributed by atoms with Crippen molar-refractivity contribution < 1.29 is 0 Å². The summed E-state index contributed by atoms with van der Waals surface area (Å²) in [6.45, 7) is 7.61. The molecule has 0 saturated carbocycles. The van der Waals surface area contributed by atoms with Gasteiger partial charge in [0.15, 0.2) is 5.16 Å². The molecule has 2 rings (SSSR count). The van der Waals surface area contributed by atoms with Gasteiger partial charge in [0.2, 0.25) is 0 Å². The molecule has 0 atom stereocenters. The minimum absolute atomic E-state index is 0.644. The highest BCUT2D eigenvalue weighted by molar-refractivity contribution is 7.98. The largest absolute Gasteiger partial charge is 0.384 e. The molecule has 0 saturated heterocycles. The fraction of sp³-hybridized carbons (Fsp3) is 0.400. The second kappa shape index (κ2) is 6.66. The second-order valence-electron chi connectivity index (χ2n) is 5.07. The van der Waals surface area contributed by atoms with Gasteiger partial charge in [-0.1, -0.05) is 43.8 Å². The van der Waals surface area contributed by atoms with Crippen molar-refractivity contribution in [2.45, 2.75) is 31.7 Å². The van der Waals surface area contributed by atoms with Crippen LogP contribution in [0.25, 0.3) is 0 Å². The van der Waals surface area contributed by atoms with Crippen LogP contribution in [0.15, 0.2) is 35.7 Å². The molecule has 0 amide bonds. The molecule has 0 spiro atoms. The molecular formula is C15H21N3S. The Bertz CT molecular complexity index is 506. The van der Waals surface area contributed by atoms with Gasteiger partial charge in [-0.15, -0.1) is 0 Å². The number of rotatable bonds is 6. The van der Waals surface area contributed by atoms with Crippen molar-refractivity contribution in [3.05, 3.63) is 41.7 Å². The smallest absolute Gasteiger partial charge is 0.165 e. The number of anilines is 1. The van der Waals surface area contributed by atoms with Crippen LogP contribution in [-0.2, 0) is 5.75 Å². The van der Waals surface area contributed by atoms with E-state index >= 15 is 0 Å². The van der Waals surface area contributed by atoms with Crippen LogP contribution in [0.4, 0.5) is 5.69 Å². The average Bonchev–Trinajstić information content (AvgIpc) is 2.88. The van der Waals surface area contributed by atoms with Crippen LogP contribution < -0.4 is 5.32 Å². The van der Waals surface area contributed by atoms with Gasteiger partial charge in [-0.2, -0.15) is 0 Å². The summed E-state index contributed by atoms with van der Waals surface area (Å²) in [6, 6.07) is 6.46. The molecule has 1 aromatic heterocycles. The van der Waals surface area contributed by atoms with E-state index in [1.807, 2.05) is 6.20 Å². The van der Waals surface area contributed by atoms with Crippen LogP contribution in [0, 0.1) is 12.8 Å². The zero-order valence-corrected chi connectivity index (χ0v) is 12.6. The number of nitrogens with one attached hydrogen (secondary N) is 2. The number of aryl methyl sites for hydroxylation is 1. The predicted octanol–water partition coefficient (Wildman–Crippen LogP) is 4.08. The number of H-pyrrole nitrogens is 1. The molecule has 0 unspecified atom stereocenters. The molecule has 0 aliphatic rings. The van der Waals surface area contributed by atoms with Crippen LogP contribution in [0.3, 0.4) is 0 Å². The van der Waals surface area contributed by atoms with Gasteiger partial charge in [0.1, 0.15) is 0 Å². The molecule has 2 aromatic rings. The van der Waals surface area contributed by atoms with Crippen LogP contribution in [0.5, 0.6) is 0 Å². The van der Waals surface area contributed by atoms with E-state index in [-0.39, 0.29) is 0 Å². The molecule has 0 aliphatic carbocycles. The molecule has 2 N–H and O–H groups in total. The lowest BCUT2D eigenvalue weighted by molar-refractivity contribution is 0.688. The number of para-hydroxylation sites is 1. The predicted molar refractivity (Wildman–Crippen MR) is 82.7 cm³/mol. The number of hydrogen-bond acceptors (Lipinski definition) is 3. The van der Waals surface area contributed by atoms with Crippen molar-refractivity contribution >= 4 is 17.4 Å². The summed E-state index contributed by atoms with van der Waals surface area (Å²) in [5.74, 6) is 1.57. The number of nitrogens with zero attached hydrogens (tertiary/aromatic N) is 1. The summed E-state index contributed by atoms with van der Waals surface area (Å²) in [5.41, 5.74) is 3.91. The minimum Gasteiger partial charge on any atom is -0.384 e. The van der Waals surface area contributed by atoms with Gasteiger partial charge < -0.3 is 10.3 Å². The molecule has 1 aromatic carbocycles. The number of benzene rings is 1.